The Morgan fingerprint density at radius 2 is 0.562 bits per heavy atom. The average molecular weight is 1010 g/mol. The minimum Gasteiger partial charge on any atom is -0.462 e. The molecule has 0 amide bonds. The van der Waals surface area contributed by atoms with Gasteiger partial charge in [0.1, 0.15) is 13.2 Å². The minimum atomic E-state index is -0.828. The fraction of sp³-hybridized carbons (Fsp3) is 0.567. The van der Waals surface area contributed by atoms with Crippen LogP contribution in [0, 0.1) is 0 Å². The third-order valence-electron chi connectivity index (χ3n) is 11.5. The summed E-state index contributed by atoms with van der Waals surface area (Å²) in [5, 5.41) is 0. The van der Waals surface area contributed by atoms with Gasteiger partial charge in [-0.3, -0.25) is 14.4 Å². The molecule has 0 aromatic rings. The lowest BCUT2D eigenvalue weighted by Crippen LogP contribution is -2.30. The number of ether oxygens (including phenoxy) is 3. The highest BCUT2D eigenvalue weighted by Crippen LogP contribution is 2.13. The van der Waals surface area contributed by atoms with E-state index in [9.17, 15) is 14.4 Å². The predicted molar refractivity (Wildman–Crippen MR) is 315 cm³/mol. The van der Waals surface area contributed by atoms with E-state index < -0.39 is 12.1 Å². The van der Waals surface area contributed by atoms with E-state index in [1.165, 1.54) is 44.9 Å². The summed E-state index contributed by atoms with van der Waals surface area (Å²) in [7, 11) is 0. The van der Waals surface area contributed by atoms with Crippen molar-refractivity contribution in [3.05, 3.63) is 158 Å². The fourth-order valence-corrected chi connectivity index (χ4v) is 7.27. The van der Waals surface area contributed by atoms with Crippen molar-refractivity contribution in [3.8, 4) is 0 Å². The third kappa shape index (κ3) is 57.8. The van der Waals surface area contributed by atoms with Gasteiger partial charge in [-0.1, -0.05) is 249 Å². The molecular weight excluding hydrogens is 901 g/mol. The molecule has 0 radical (unpaired) electrons. The topological polar surface area (TPSA) is 78.9 Å². The number of carbonyl (C=O) groups excluding carboxylic acids is 3. The molecule has 0 spiro atoms. The molecule has 0 aliphatic heterocycles. The molecule has 0 aromatic carbocycles. The Bertz CT molecular complexity index is 1670. The molecule has 73 heavy (non-hydrogen) atoms. The Hall–Kier alpha value is -4.97. The molecule has 6 heteroatoms. The van der Waals surface area contributed by atoms with Gasteiger partial charge in [0.25, 0.3) is 0 Å². The number of esters is 3. The molecular formula is C67H104O6. The van der Waals surface area contributed by atoms with Crippen molar-refractivity contribution < 1.29 is 28.6 Å². The van der Waals surface area contributed by atoms with E-state index in [4.69, 9.17) is 14.2 Å². The normalized spacial score (nSPS) is 13.3. The SMILES string of the molecule is CC/C=C\C/C=C\C/C=C\C/C=C\C/C=C\C/C=C\C/C=C\CCCCCCCCCC(=O)OCC(COC(=O)CCCCCCCCC)OC(=O)CC/C=C\C/C=C\C/C=C\C/C=C\C/C=C\C/C=C\CC. The van der Waals surface area contributed by atoms with Crippen molar-refractivity contribution in [2.24, 2.45) is 0 Å². The van der Waals surface area contributed by atoms with Crippen LogP contribution in [-0.2, 0) is 28.6 Å². The number of unbranched alkanes of at least 4 members (excludes halogenated alkanes) is 13. The quantitative estimate of drug-likeness (QED) is 0.0261. The lowest BCUT2D eigenvalue weighted by atomic mass is 10.1. The van der Waals surface area contributed by atoms with Crippen molar-refractivity contribution in [1.82, 2.24) is 0 Å². The summed E-state index contributed by atoms with van der Waals surface area (Å²) in [5.41, 5.74) is 0. The molecule has 0 aromatic heterocycles. The number of carbonyl (C=O) groups is 3. The first-order valence-corrected chi connectivity index (χ1v) is 29.0. The monoisotopic (exact) mass is 1000 g/mol. The van der Waals surface area contributed by atoms with Crippen molar-refractivity contribution in [3.63, 3.8) is 0 Å². The minimum absolute atomic E-state index is 0.118. The molecule has 0 aliphatic carbocycles. The van der Waals surface area contributed by atoms with E-state index in [-0.39, 0.29) is 31.6 Å². The van der Waals surface area contributed by atoms with Gasteiger partial charge in [-0.2, -0.15) is 0 Å². The molecule has 0 aliphatic rings. The van der Waals surface area contributed by atoms with Gasteiger partial charge in [0.05, 0.1) is 0 Å². The van der Waals surface area contributed by atoms with Crippen LogP contribution < -0.4 is 0 Å². The first kappa shape index (κ1) is 68.0. The molecule has 6 nitrogen and oxygen atoms in total. The molecule has 1 atom stereocenters. The molecule has 0 bridgehead atoms. The van der Waals surface area contributed by atoms with Gasteiger partial charge in [-0.05, 0) is 116 Å². The Labute approximate surface area is 448 Å². The van der Waals surface area contributed by atoms with Gasteiger partial charge < -0.3 is 14.2 Å². The lowest BCUT2D eigenvalue weighted by Gasteiger charge is -2.18. The summed E-state index contributed by atoms with van der Waals surface area (Å²) >= 11 is 0. The number of rotatable bonds is 50. The summed E-state index contributed by atoms with van der Waals surface area (Å²) in [4.78, 5) is 37.9. The second-order valence-electron chi connectivity index (χ2n) is 18.4. The van der Waals surface area contributed by atoms with Crippen molar-refractivity contribution in [2.45, 2.75) is 232 Å². The van der Waals surface area contributed by atoms with Gasteiger partial charge in [0, 0.05) is 19.3 Å². The molecule has 408 valence electrons. The highest BCUT2D eigenvalue weighted by atomic mass is 16.6. The van der Waals surface area contributed by atoms with E-state index in [1.54, 1.807) is 0 Å². The van der Waals surface area contributed by atoms with Crippen molar-refractivity contribution in [1.29, 1.82) is 0 Å². The van der Waals surface area contributed by atoms with Crippen LogP contribution in [0.3, 0.4) is 0 Å². The molecule has 0 heterocycles. The maximum absolute atomic E-state index is 12.8. The maximum Gasteiger partial charge on any atom is 0.306 e. The van der Waals surface area contributed by atoms with Gasteiger partial charge in [-0.25, -0.2) is 0 Å². The number of hydrogen-bond acceptors (Lipinski definition) is 6. The maximum atomic E-state index is 12.8. The fourth-order valence-electron chi connectivity index (χ4n) is 7.27. The summed E-state index contributed by atoms with van der Waals surface area (Å²) < 4.78 is 16.7. The summed E-state index contributed by atoms with van der Waals surface area (Å²) in [6, 6.07) is 0. The Morgan fingerprint density at radius 1 is 0.288 bits per heavy atom. The lowest BCUT2D eigenvalue weighted by molar-refractivity contribution is -0.166. The van der Waals surface area contributed by atoms with Crippen LogP contribution in [0.2, 0.25) is 0 Å². The number of allylic oxidation sites excluding steroid dienone is 26. The second kappa shape index (κ2) is 59.6. The third-order valence-corrected chi connectivity index (χ3v) is 11.5. The summed E-state index contributed by atoms with van der Waals surface area (Å²) in [6.45, 7) is 6.27. The molecule has 0 fully saturated rings. The van der Waals surface area contributed by atoms with Crippen LogP contribution >= 0.6 is 0 Å². The molecule has 1 unspecified atom stereocenters. The van der Waals surface area contributed by atoms with Gasteiger partial charge in [-0.15, -0.1) is 0 Å². The largest absolute Gasteiger partial charge is 0.462 e. The zero-order valence-corrected chi connectivity index (χ0v) is 46.6. The first-order chi connectivity index (χ1) is 36.0. The molecule has 0 N–H and O–H groups in total. The zero-order chi connectivity index (χ0) is 52.9. The zero-order valence-electron chi connectivity index (χ0n) is 46.6. The van der Waals surface area contributed by atoms with Crippen LogP contribution in [0.4, 0.5) is 0 Å². The van der Waals surface area contributed by atoms with Crippen LogP contribution in [-0.4, -0.2) is 37.2 Å². The standard InChI is InChI=1S/C67H104O6/c1-4-7-10-13-16-18-20-22-24-26-28-29-30-31-32-33-34-35-36-37-39-40-42-44-46-48-51-54-57-60-66(69)72-63-64(62-71-65(68)59-56-53-50-15-12-9-6-3)73-67(70)61-58-55-52-49-47-45-43-41-38-27-25-23-21-19-17-14-11-8-5-2/h7-8,10-11,16-19,22-25,28-29,31-32,34-35,37-39,41,45,47,52,55,64H,4-6,9,12-15,20-21,26-27,30,33,36,40,42-44,46,48-51,53-54,56-63H2,1-3H3/b10-7-,11-8-,18-16-,19-17-,24-22-,25-23-,29-28-,32-31-,35-34-,39-37-,41-38-,47-45-,55-52-. The highest BCUT2D eigenvalue weighted by molar-refractivity contribution is 5.71. The predicted octanol–water partition coefficient (Wildman–Crippen LogP) is 19.8. The van der Waals surface area contributed by atoms with E-state index in [2.05, 4.69) is 167 Å². The van der Waals surface area contributed by atoms with Crippen LogP contribution in [0.15, 0.2) is 158 Å². The van der Waals surface area contributed by atoms with Gasteiger partial charge in [0.15, 0.2) is 6.10 Å². The molecule has 0 saturated heterocycles. The average Bonchev–Trinajstić information content (AvgIpc) is 3.39. The Balaban J connectivity index is 4.32. The summed E-state index contributed by atoms with van der Waals surface area (Å²) in [5.74, 6) is -1.03. The summed E-state index contributed by atoms with van der Waals surface area (Å²) in [6.07, 6.45) is 87.0. The molecule has 0 saturated carbocycles. The van der Waals surface area contributed by atoms with E-state index in [1.807, 2.05) is 12.2 Å². The Morgan fingerprint density at radius 3 is 0.890 bits per heavy atom. The van der Waals surface area contributed by atoms with Crippen molar-refractivity contribution >= 4 is 17.9 Å². The van der Waals surface area contributed by atoms with Crippen LogP contribution in [0.25, 0.3) is 0 Å². The first-order valence-electron chi connectivity index (χ1n) is 29.0. The van der Waals surface area contributed by atoms with E-state index in [0.717, 1.165) is 135 Å². The van der Waals surface area contributed by atoms with Gasteiger partial charge in [0.2, 0.25) is 0 Å². The van der Waals surface area contributed by atoms with Gasteiger partial charge >= 0.3 is 17.9 Å². The van der Waals surface area contributed by atoms with Crippen LogP contribution in [0.5, 0.6) is 0 Å². The highest BCUT2D eigenvalue weighted by Gasteiger charge is 2.19. The second-order valence-corrected chi connectivity index (χ2v) is 18.4. The molecule has 0 rings (SSSR count). The number of hydrogen-bond donors (Lipinski definition) is 0. The Kier molecular flexibility index (Phi) is 55.5. The van der Waals surface area contributed by atoms with Crippen molar-refractivity contribution in [2.75, 3.05) is 13.2 Å². The smallest absolute Gasteiger partial charge is 0.306 e. The van der Waals surface area contributed by atoms with Crippen LogP contribution in [0.1, 0.15) is 226 Å². The van der Waals surface area contributed by atoms with E-state index in [0.29, 0.717) is 19.3 Å². The van der Waals surface area contributed by atoms with E-state index >= 15 is 0 Å².